The number of benzene rings is 2. The molecule has 29 heavy (non-hydrogen) atoms. The summed E-state index contributed by atoms with van der Waals surface area (Å²) in [5, 5.41) is 16.2. The maximum absolute atomic E-state index is 11.9. The van der Waals surface area contributed by atoms with Crippen molar-refractivity contribution >= 4 is 29.8 Å². The Morgan fingerprint density at radius 2 is 1.52 bits per heavy atom. The van der Waals surface area contributed by atoms with Gasteiger partial charge in [-0.1, -0.05) is 61.4 Å². The number of amides is 2. The van der Waals surface area contributed by atoms with E-state index in [1.165, 1.54) is 6.07 Å². The van der Waals surface area contributed by atoms with Gasteiger partial charge in [0.1, 0.15) is 5.75 Å². The van der Waals surface area contributed by atoms with Gasteiger partial charge in [-0.3, -0.25) is 9.59 Å². The van der Waals surface area contributed by atoms with Gasteiger partial charge in [-0.15, -0.1) is 0 Å². The molecular weight excluding hydrogens is 366 g/mol. The molecule has 2 aromatic rings. The number of phenolic OH excluding ortho intramolecular Hbond substituents is 1. The highest BCUT2D eigenvalue weighted by molar-refractivity contribution is 5.92. The largest absolute Gasteiger partial charge is 0.506 e. The van der Waals surface area contributed by atoms with E-state index in [0.717, 1.165) is 31.2 Å². The minimum atomic E-state index is -0.123. The number of carbonyl (C=O) groups excluding carboxylic acids is 2. The van der Waals surface area contributed by atoms with Gasteiger partial charge in [-0.25, -0.2) is 5.43 Å². The first-order valence-corrected chi connectivity index (χ1v) is 9.76. The van der Waals surface area contributed by atoms with Crippen LogP contribution in [0.5, 0.6) is 5.75 Å². The number of hydrogen-bond donors (Lipinski definition) is 3. The van der Waals surface area contributed by atoms with Gasteiger partial charge in [0, 0.05) is 19.1 Å². The topological polar surface area (TPSA) is 90.8 Å². The molecule has 0 fully saturated rings. The molecule has 0 atom stereocenters. The van der Waals surface area contributed by atoms with E-state index in [1.807, 2.05) is 36.4 Å². The second-order valence-corrected chi connectivity index (χ2v) is 6.56. The Morgan fingerprint density at radius 3 is 2.24 bits per heavy atom. The van der Waals surface area contributed by atoms with Gasteiger partial charge in [0.05, 0.1) is 5.69 Å². The highest BCUT2D eigenvalue weighted by Gasteiger charge is 2.05. The van der Waals surface area contributed by atoms with E-state index in [9.17, 15) is 14.7 Å². The molecule has 0 aliphatic heterocycles. The van der Waals surface area contributed by atoms with E-state index in [1.54, 1.807) is 30.5 Å². The van der Waals surface area contributed by atoms with Crippen LogP contribution in [0.4, 0.5) is 5.69 Å². The van der Waals surface area contributed by atoms with Crippen molar-refractivity contribution in [3.63, 3.8) is 0 Å². The van der Waals surface area contributed by atoms with E-state index < -0.39 is 0 Å². The first-order valence-electron chi connectivity index (χ1n) is 9.76. The Hall–Kier alpha value is -3.41. The fourth-order valence-electron chi connectivity index (χ4n) is 2.64. The van der Waals surface area contributed by atoms with Crippen LogP contribution in [-0.4, -0.2) is 23.1 Å². The zero-order valence-electron chi connectivity index (χ0n) is 16.4. The molecule has 2 rings (SSSR count). The molecule has 0 aromatic heterocycles. The molecule has 152 valence electrons. The predicted octanol–water partition coefficient (Wildman–Crippen LogP) is 4.49. The van der Waals surface area contributed by atoms with E-state index in [4.69, 9.17) is 0 Å². The monoisotopic (exact) mass is 393 g/mol. The van der Waals surface area contributed by atoms with Crippen molar-refractivity contribution in [2.45, 2.75) is 38.5 Å². The average molecular weight is 393 g/mol. The molecule has 2 amide bonds. The molecule has 0 aliphatic carbocycles. The summed E-state index contributed by atoms with van der Waals surface area (Å²) in [5.41, 5.74) is 4.00. The Balaban J connectivity index is 1.50. The van der Waals surface area contributed by atoms with Crippen molar-refractivity contribution in [1.82, 2.24) is 5.43 Å². The Bertz CT molecular complexity index is 832. The highest BCUT2D eigenvalue weighted by atomic mass is 16.3. The number of phenols is 1. The van der Waals surface area contributed by atoms with Crippen LogP contribution >= 0.6 is 0 Å². The van der Waals surface area contributed by atoms with Gasteiger partial charge in [0.2, 0.25) is 11.8 Å². The van der Waals surface area contributed by atoms with Crippen LogP contribution < -0.4 is 10.7 Å². The number of allylic oxidation sites excluding steroid dienone is 1. The molecule has 3 N–H and O–H groups in total. The molecule has 0 radical (unpaired) electrons. The normalized spacial score (nSPS) is 11.0. The van der Waals surface area contributed by atoms with Gasteiger partial charge < -0.3 is 10.4 Å². The average Bonchev–Trinajstić information content (AvgIpc) is 2.73. The summed E-state index contributed by atoms with van der Waals surface area (Å²) < 4.78 is 0. The summed E-state index contributed by atoms with van der Waals surface area (Å²) >= 11 is 0. The van der Waals surface area contributed by atoms with Crippen molar-refractivity contribution in [2.75, 3.05) is 5.32 Å². The van der Waals surface area contributed by atoms with E-state index >= 15 is 0 Å². The number of hydrogen-bond acceptors (Lipinski definition) is 4. The molecule has 0 bridgehead atoms. The third-order valence-electron chi connectivity index (χ3n) is 4.17. The van der Waals surface area contributed by atoms with E-state index in [0.29, 0.717) is 18.5 Å². The summed E-state index contributed by atoms with van der Waals surface area (Å²) in [4.78, 5) is 23.6. The summed E-state index contributed by atoms with van der Waals surface area (Å²) in [6, 6.07) is 16.5. The minimum absolute atomic E-state index is 0.0603. The zero-order chi connectivity index (χ0) is 20.7. The standard InChI is InChI=1S/C23H27N3O3/c27-21-15-9-8-14-20(21)25-22(28)16-6-1-2-7-17-23(29)26-24-18-10-13-19-11-4-3-5-12-19/h3-5,8-15,18,27H,1-2,6-7,16-17H2,(H,25,28)(H,26,29). The second kappa shape index (κ2) is 12.9. The van der Waals surface area contributed by atoms with Crippen molar-refractivity contribution in [3.8, 4) is 5.75 Å². The Kier molecular flexibility index (Phi) is 9.72. The molecular formula is C23H27N3O3. The highest BCUT2D eigenvalue weighted by Crippen LogP contribution is 2.21. The van der Waals surface area contributed by atoms with Gasteiger partial charge >= 0.3 is 0 Å². The van der Waals surface area contributed by atoms with Gasteiger partial charge in [-0.05, 0) is 36.6 Å². The molecule has 6 heteroatoms. The number of aromatic hydroxyl groups is 1. The lowest BCUT2D eigenvalue weighted by Gasteiger charge is -2.06. The summed E-state index contributed by atoms with van der Waals surface area (Å²) in [7, 11) is 0. The van der Waals surface area contributed by atoms with Gasteiger partial charge in [0.15, 0.2) is 0 Å². The lowest BCUT2D eigenvalue weighted by atomic mass is 10.1. The number of rotatable bonds is 11. The number of carbonyl (C=O) groups is 2. The number of nitrogens with one attached hydrogen (secondary N) is 2. The first-order chi connectivity index (χ1) is 14.1. The lowest BCUT2D eigenvalue weighted by molar-refractivity contribution is -0.121. The van der Waals surface area contributed by atoms with Crippen molar-refractivity contribution in [3.05, 3.63) is 66.2 Å². The maximum atomic E-state index is 11.9. The number of unbranched alkanes of at least 4 members (excludes halogenated alkanes) is 3. The van der Waals surface area contributed by atoms with Crippen LogP contribution in [0.3, 0.4) is 0 Å². The summed E-state index contributed by atoms with van der Waals surface area (Å²) in [6.07, 6.45) is 9.25. The van der Waals surface area contributed by atoms with Crippen LogP contribution in [-0.2, 0) is 9.59 Å². The van der Waals surface area contributed by atoms with Gasteiger partial charge in [0.25, 0.3) is 0 Å². The lowest BCUT2D eigenvalue weighted by Crippen LogP contribution is -2.16. The molecule has 0 unspecified atom stereocenters. The van der Waals surface area contributed by atoms with Crippen LogP contribution in [0.25, 0.3) is 6.08 Å². The van der Waals surface area contributed by atoms with Crippen LogP contribution in [0, 0.1) is 0 Å². The van der Waals surface area contributed by atoms with Crippen molar-refractivity contribution in [2.24, 2.45) is 5.10 Å². The molecule has 0 saturated carbocycles. The zero-order valence-corrected chi connectivity index (χ0v) is 16.4. The summed E-state index contributed by atoms with van der Waals surface area (Å²) in [5.74, 6) is -0.182. The molecule has 6 nitrogen and oxygen atoms in total. The van der Waals surface area contributed by atoms with Crippen LogP contribution in [0.1, 0.15) is 44.1 Å². The number of para-hydroxylation sites is 2. The smallest absolute Gasteiger partial charge is 0.240 e. The van der Waals surface area contributed by atoms with Crippen LogP contribution in [0.2, 0.25) is 0 Å². The van der Waals surface area contributed by atoms with Gasteiger partial charge in [-0.2, -0.15) is 5.10 Å². The fourth-order valence-corrected chi connectivity index (χ4v) is 2.64. The number of anilines is 1. The molecule has 0 spiro atoms. The third kappa shape index (κ3) is 9.37. The SMILES string of the molecule is O=C(CCCCCCC(=O)Nc1ccccc1O)NN=CC=Cc1ccccc1. The predicted molar refractivity (Wildman–Crippen MR) is 117 cm³/mol. The van der Waals surface area contributed by atoms with Crippen molar-refractivity contribution < 1.29 is 14.7 Å². The molecule has 2 aromatic carbocycles. The quantitative estimate of drug-likeness (QED) is 0.227. The molecule has 0 saturated heterocycles. The second-order valence-electron chi connectivity index (χ2n) is 6.56. The van der Waals surface area contributed by atoms with E-state index in [2.05, 4.69) is 15.8 Å². The fraction of sp³-hybridized carbons (Fsp3) is 0.261. The Morgan fingerprint density at radius 1 is 0.862 bits per heavy atom. The third-order valence-corrected chi connectivity index (χ3v) is 4.17. The molecule has 0 aliphatic rings. The Labute approximate surface area is 171 Å². The maximum Gasteiger partial charge on any atom is 0.240 e. The minimum Gasteiger partial charge on any atom is -0.506 e. The van der Waals surface area contributed by atoms with Crippen LogP contribution in [0.15, 0.2) is 65.8 Å². The number of nitrogens with zero attached hydrogens (tertiary/aromatic N) is 1. The van der Waals surface area contributed by atoms with Crippen molar-refractivity contribution in [1.29, 1.82) is 0 Å². The number of hydrazone groups is 1. The van der Waals surface area contributed by atoms with E-state index in [-0.39, 0.29) is 17.6 Å². The summed E-state index contributed by atoms with van der Waals surface area (Å²) in [6.45, 7) is 0. The first kappa shape index (κ1) is 21.9. The molecule has 0 heterocycles.